The Morgan fingerprint density at radius 2 is 1.72 bits per heavy atom. The fraction of sp³-hybridized carbons (Fsp3) is 0. The van der Waals surface area contributed by atoms with Crippen LogP contribution < -0.4 is 5.23 Å². The van der Waals surface area contributed by atoms with Crippen LogP contribution in [0.3, 0.4) is 0 Å². The fourth-order valence-corrected chi connectivity index (χ4v) is 2.52. The van der Waals surface area contributed by atoms with E-state index in [-0.39, 0.29) is 11.5 Å². The van der Waals surface area contributed by atoms with Crippen LogP contribution in [-0.2, 0) is 0 Å². The number of quaternary nitrogens is 1. The van der Waals surface area contributed by atoms with E-state index in [0.717, 1.165) is 11.1 Å². The summed E-state index contributed by atoms with van der Waals surface area (Å²) < 4.78 is 0. The molecular formula is C13H9NO3S. The highest BCUT2D eigenvalue weighted by Crippen LogP contribution is 2.39. The third kappa shape index (κ3) is 1.49. The third-order valence-corrected chi connectivity index (χ3v) is 3.44. The van der Waals surface area contributed by atoms with Gasteiger partial charge in [-0.15, -0.1) is 12.6 Å². The molecule has 1 aliphatic rings. The van der Waals surface area contributed by atoms with E-state index in [0.29, 0.717) is 16.0 Å². The van der Waals surface area contributed by atoms with Crippen molar-refractivity contribution < 1.29 is 15.2 Å². The largest absolute Gasteiger partial charge is 0.595 e. The summed E-state index contributed by atoms with van der Waals surface area (Å²) in [5.74, 6) is -0.128. The van der Waals surface area contributed by atoms with Gasteiger partial charge in [0.1, 0.15) is 0 Å². The highest BCUT2D eigenvalue weighted by atomic mass is 32.1. The minimum Gasteiger partial charge on any atom is -0.595 e. The molecule has 90 valence electrons. The molecule has 5 heteroatoms. The van der Waals surface area contributed by atoms with Gasteiger partial charge in [0.25, 0.3) is 0 Å². The summed E-state index contributed by atoms with van der Waals surface area (Å²) >= 11 is 4.17. The van der Waals surface area contributed by atoms with Gasteiger partial charge in [-0.1, -0.05) is 24.3 Å². The molecule has 1 aliphatic carbocycles. The Kier molecular flexibility index (Phi) is 2.49. The average Bonchev–Trinajstić information content (AvgIpc) is 2.62. The Bertz CT molecular complexity index is 667. The molecule has 2 aromatic rings. The molecule has 0 heterocycles. The highest BCUT2D eigenvalue weighted by molar-refractivity contribution is 7.80. The topological polar surface area (TPSA) is 64.8 Å². The molecule has 1 unspecified atom stereocenters. The summed E-state index contributed by atoms with van der Waals surface area (Å²) in [6.07, 6.45) is 0. The Hall–Kier alpha value is -1.66. The number of fused-ring (bicyclic) bond motifs is 3. The number of hydrogen-bond acceptors (Lipinski definition) is 4. The van der Waals surface area contributed by atoms with Crippen molar-refractivity contribution in [3.63, 3.8) is 0 Å². The predicted molar refractivity (Wildman–Crippen MR) is 68.3 cm³/mol. The van der Waals surface area contributed by atoms with Gasteiger partial charge in [-0.25, -0.2) is 5.21 Å². The van der Waals surface area contributed by atoms with E-state index in [1.165, 1.54) is 6.07 Å². The van der Waals surface area contributed by atoms with Gasteiger partial charge in [0.15, 0.2) is 11.5 Å². The lowest BCUT2D eigenvalue weighted by molar-refractivity contribution is -0.992. The number of rotatable bonds is 1. The van der Waals surface area contributed by atoms with Crippen LogP contribution in [0.1, 0.15) is 15.9 Å². The van der Waals surface area contributed by atoms with E-state index in [1.54, 1.807) is 18.2 Å². The molecule has 4 nitrogen and oxygen atoms in total. The Labute approximate surface area is 108 Å². The van der Waals surface area contributed by atoms with Gasteiger partial charge in [-0.3, -0.25) is 4.79 Å². The van der Waals surface area contributed by atoms with Gasteiger partial charge in [-0.2, -0.15) is 5.23 Å². The molecule has 0 spiro atoms. The summed E-state index contributed by atoms with van der Waals surface area (Å²) in [7, 11) is 0. The van der Waals surface area contributed by atoms with Gasteiger partial charge in [0, 0.05) is 17.2 Å². The second-order valence-electron chi connectivity index (χ2n) is 4.09. The predicted octanol–water partition coefficient (Wildman–Crippen LogP) is 1.59. The molecule has 1 atom stereocenters. The molecule has 3 rings (SSSR count). The minimum atomic E-state index is -1.08. The molecule has 0 amide bonds. The van der Waals surface area contributed by atoms with Crippen LogP contribution in [-0.4, -0.2) is 11.0 Å². The maximum absolute atomic E-state index is 12.2. The summed E-state index contributed by atoms with van der Waals surface area (Å²) in [5.41, 5.74) is 2.70. The van der Waals surface area contributed by atoms with Gasteiger partial charge in [-0.05, 0) is 17.2 Å². The molecule has 0 aromatic heterocycles. The van der Waals surface area contributed by atoms with Crippen LogP contribution in [0.4, 0.5) is 5.69 Å². The van der Waals surface area contributed by atoms with Crippen molar-refractivity contribution in [3.8, 4) is 11.1 Å². The molecule has 0 bridgehead atoms. The lowest BCUT2D eigenvalue weighted by Gasteiger charge is -2.14. The third-order valence-electron chi connectivity index (χ3n) is 3.07. The van der Waals surface area contributed by atoms with Crippen molar-refractivity contribution >= 4 is 24.1 Å². The summed E-state index contributed by atoms with van der Waals surface area (Å²) in [5, 5.41) is 19.0. The molecule has 2 aromatic carbocycles. The molecule has 0 saturated heterocycles. The molecule has 0 radical (unpaired) electrons. The first-order chi connectivity index (χ1) is 8.59. The van der Waals surface area contributed by atoms with Crippen LogP contribution in [0.2, 0.25) is 0 Å². The number of carbonyl (C=O) groups is 1. The zero-order valence-electron chi connectivity index (χ0n) is 9.18. The van der Waals surface area contributed by atoms with Gasteiger partial charge < -0.3 is 5.21 Å². The molecule has 2 N–H and O–H groups in total. The quantitative estimate of drug-likeness (QED) is 0.459. The zero-order chi connectivity index (χ0) is 12.9. The van der Waals surface area contributed by atoms with Crippen molar-refractivity contribution in [2.75, 3.05) is 0 Å². The lowest BCUT2D eigenvalue weighted by atomic mass is 10.1. The zero-order valence-corrected chi connectivity index (χ0v) is 10.1. The molecule has 0 saturated carbocycles. The van der Waals surface area contributed by atoms with Gasteiger partial charge in [0.05, 0.1) is 4.90 Å². The first-order valence-electron chi connectivity index (χ1n) is 5.34. The van der Waals surface area contributed by atoms with Crippen LogP contribution in [0.25, 0.3) is 11.1 Å². The van der Waals surface area contributed by atoms with Gasteiger partial charge in [0.2, 0.25) is 0 Å². The van der Waals surface area contributed by atoms with Crippen molar-refractivity contribution in [2.24, 2.45) is 0 Å². The van der Waals surface area contributed by atoms with E-state index >= 15 is 0 Å². The van der Waals surface area contributed by atoms with Crippen LogP contribution in [0.15, 0.2) is 41.3 Å². The van der Waals surface area contributed by atoms with Crippen molar-refractivity contribution in [1.29, 1.82) is 0 Å². The SMILES string of the molecule is O=C1c2ccccc2-c2cc(S)c([NH+]([O-])O)cc21. The minimum absolute atomic E-state index is 0.0539. The second-order valence-corrected chi connectivity index (χ2v) is 4.58. The number of thiol groups is 1. The van der Waals surface area contributed by atoms with E-state index in [4.69, 9.17) is 5.21 Å². The first-order valence-corrected chi connectivity index (χ1v) is 5.78. The average molecular weight is 259 g/mol. The van der Waals surface area contributed by atoms with E-state index in [9.17, 15) is 10.0 Å². The summed E-state index contributed by atoms with van der Waals surface area (Å²) in [6.45, 7) is 0. The Morgan fingerprint density at radius 3 is 2.39 bits per heavy atom. The lowest BCUT2D eigenvalue weighted by Crippen LogP contribution is -2.99. The van der Waals surface area contributed by atoms with Gasteiger partial charge >= 0.3 is 0 Å². The highest BCUT2D eigenvalue weighted by Gasteiger charge is 2.28. The fourth-order valence-electron chi connectivity index (χ4n) is 2.23. The standard InChI is InChI=1S/C13H9NO3S/c15-13-8-4-2-1-3-7(8)9-6-12(18)11(14(16)17)5-10(9)13/h1-6,14,16,18H. The van der Waals surface area contributed by atoms with Crippen LogP contribution >= 0.6 is 12.6 Å². The second kappa shape index (κ2) is 3.93. The molecule has 18 heavy (non-hydrogen) atoms. The molecule has 0 fully saturated rings. The summed E-state index contributed by atoms with van der Waals surface area (Å²) in [6, 6.07) is 10.3. The van der Waals surface area contributed by atoms with Crippen molar-refractivity contribution in [3.05, 3.63) is 52.7 Å². The maximum Gasteiger partial charge on any atom is 0.194 e. The molecular weight excluding hydrogens is 250 g/mol. The van der Waals surface area contributed by atoms with Crippen molar-refractivity contribution in [1.82, 2.24) is 0 Å². The van der Waals surface area contributed by atoms with E-state index < -0.39 is 5.23 Å². The number of benzene rings is 2. The maximum atomic E-state index is 12.2. The number of hydrogen-bond donors (Lipinski definition) is 3. The van der Waals surface area contributed by atoms with E-state index in [2.05, 4.69) is 12.6 Å². The number of ketones is 1. The van der Waals surface area contributed by atoms with Crippen LogP contribution in [0.5, 0.6) is 0 Å². The smallest absolute Gasteiger partial charge is 0.194 e. The normalized spacial score (nSPS) is 14.3. The number of nitrogens with one attached hydrogen (secondary N) is 1. The monoisotopic (exact) mass is 259 g/mol. The Balaban J connectivity index is 2.29. The van der Waals surface area contributed by atoms with E-state index in [1.807, 2.05) is 12.1 Å². The van der Waals surface area contributed by atoms with Crippen LogP contribution in [0, 0.1) is 5.21 Å². The Morgan fingerprint density at radius 1 is 1.06 bits per heavy atom. The molecule has 0 aliphatic heterocycles. The first kappa shape index (κ1) is 11.4. The van der Waals surface area contributed by atoms with Crippen molar-refractivity contribution in [2.45, 2.75) is 4.90 Å². The number of carbonyl (C=O) groups excluding carboxylic acids is 1. The summed E-state index contributed by atoms with van der Waals surface area (Å²) in [4.78, 5) is 12.5.